The Hall–Kier alpha value is -4.30. The number of fused-ring (bicyclic) bond motifs is 13. The molecule has 2 aliphatic carbocycles. The molecule has 0 saturated heterocycles. The number of hydrogen-bond acceptors (Lipinski definition) is 2. The molecule has 1 aliphatic heterocycles. The number of ether oxygens (including phenoxy) is 2. The van der Waals surface area contributed by atoms with Crippen molar-refractivity contribution in [3.63, 3.8) is 0 Å². The molecule has 1 spiro atoms. The fourth-order valence-electron chi connectivity index (χ4n) is 6.16. The average molecular weight is 422 g/mol. The van der Waals surface area contributed by atoms with Crippen LogP contribution in [-0.4, -0.2) is 0 Å². The van der Waals surface area contributed by atoms with E-state index < -0.39 is 0 Å². The van der Waals surface area contributed by atoms with Crippen LogP contribution in [0.2, 0.25) is 0 Å². The highest BCUT2D eigenvalue weighted by atomic mass is 16.6. The van der Waals surface area contributed by atoms with Crippen LogP contribution in [0, 0.1) is 0 Å². The lowest BCUT2D eigenvalue weighted by Crippen LogP contribution is -2.25. The first-order valence-electron chi connectivity index (χ1n) is 11.3. The molecule has 5 aromatic carbocycles. The van der Waals surface area contributed by atoms with Crippen LogP contribution in [0.5, 0.6) is 23.0 Å². The average Bonchev–Trinajstić information content (AvgIpc) is 3.35. The Morgan fingerprint density at radius 1 is 0.394 bits per heavy atom. The van der Waals surface area contributed by atoms with Crippen molar-refractivity contribution < 1.29 is 9.47 Å². The Kier molecular flexibility index (Phi) is 3.11. The Bertz CT molecular complexity index is 1580. The Morgan fingerprint density at radius 2 is 0.909 bits per heavy atom. The summed E-state index contributed by atoms with van der Waals surface area (Å²) in [5.41, 5.74) is 9.78. The molecule has 0 bridgehead atoms. The van der Waals surface area contributed by atoms with Crippen molar-refractivity contribution >= 4 is 0 Å². The van der Waals surface area contributed by atoms with Gasteiger partial charge in [0.25, 0.3) is 0 Å². The Labute approximate surface area is 191 Å². The number of benzene rings is 5. The van der Waals surface area contributed by atoms with Crippen molar-refractivity contribution in [1.29, 1.82) is 0 Å². The second-order valence-corrected chi connectivity index (χ2v) is 8.85. The summed E-state index contributed by atoms with van der Waals surface area (Å²) in [5.74, 6) is 3.07. The van der Waals surface area contributed by atoms with Gasteiger partial charge in [0.2, 0.25) is 0 Å². The highest BCUT2D eigenvalue weighted by molar-refractivity contribution is 5.97. The van der Waals surface area contributed by atoms with E-state index in [0.717, 1.165) is 28.6 Å². The third-order valence-electron chi connectivity index (χ3n) is 7.36. The van der Waals surface area contributed by atoms with Crippen molar-refractivity contribution in [1.82, 2.24) is 0 Å². The summed E-state index contributed by atoms with van der Waals surface area (Å²) in [7, 11) is 0. The van der Waals surface area contributed by atoms with Gasteiger partial charge in [0.05, 0.1) is 5.41 Å². The molecule has 0 radical (unpaired) electrons. The molecule has 0 N–H and O–H groups in total. The van der Waals surface area contributed by atoms with Gasteiger partial charge in [0, 0.05) is 5.56 Å². The molecule has 0 fully saturated rings. The van der Waals surface area contributed by atoms with E-state index in [1.54, 1.807) is 0 Å². The molecule has 154 valence electrons. The third kappa shape index (κ3) is 1.96. The number of para-hydroxylation sites is 2. The van der Waals surface area contributed by atoms with Crippen molar-refractivity contribution in [2.24, 2.45) is 0 Å². The summed E-state index contributed by atoms with van der Waals surface area (Å²) in [6, 6.07) is 38.6. The summed E-state index contributed by atoms with van der Waals surface area (Å²) in [6.07, 6.45) is 0. The van der Waals surface area contributed by atoms with Gasteiger partial charge in [-0.1, -0.05) is 91.0 Å². The third-order valence-corrected chi connectivity index (χ3v) is 7.36. The van der Waals surface area contributed by atoms with Crippen molar-refractivity contribution in [2.45, 2.75) is 5.41 Å². The topological polar surface area (TPSA) is 18.5 Å². The van der Waals surface area contributed by atoms with E-state index in [4.69, 9.17) is 9.47 Å². The van der Waals surface area contributed by atoms with Crippen molar-refractivity contribution in [3.05, 3.63) is 131 Å². The van der Waals surface area contributed by atoms with Gasteiger partial charge in [-0.25, -0.2) is 0 Å². The molecule has 0 saturated carbocycles. The standard InChI is InChI=1S/C31H18O2/c1-4-12-22-19(9-1)20-10-2-5-13-23(20)31(22)24-14-6-3-11-21(24)29-25(31)17-18-28-30(29)33-27-16-8-7-15-26(27)32-28/h1-18H. The van der Waals surface area contributed by atoms with E-state index in [0.29, 0.717) is 0 Å². The first kappa shape index (κ1) is 17.3. The lowest BCUT2D eigenvalue weighted by molar-refractivity contribution is 0.360. The van der Waals surface area contributed by atoms with E-state index in [2.05, 4.69) is 84.9 Å². The largest absolute Gasteiger partial charge is 0.449 e. The van der Waals surface area contributed by atoms with Crippen LogP contribution >= 0.6 is 0 Å². The van der Waals surface area contributed by atoms with Gasteiger partial charge < -0.3 is 9.47 Å². The van der Waals surface area contributed by atoms with Gasteiger partial charge in [0.1, 0.15) is 0 Å². The van der Waals surface area contributed by atoms with Crippen LogP contribution in [0.3, 0.4) is 0 Å². The molecule has 0 aromatic heterocycles. The fourth-order valence-corrected chi connectivity index (χ4v) is 6.16. The van der Waals surface area contributed by atoms with Crippen LogP contribution in [-0.2, 0) is 5.41 Å². The smallest absolute Gasteiger partial charge is 0.178 e. The summed E-state index contributed by atoms with van der Waals surface area (Å²) >= 11 is 0. The van der Waals surface area contributed by atoms with Gasteiger partial charge in [-0.2, -0.15) is 0 Å². The molecular formula is C31H18O2. The highest BCUT2D eigenvalue weighted by Crippen LogP contribution is 2.66. The summed E-state index contributed by atoms with van der Waals surface area (Å²) < 4.78 is 12.8. The summed E-state index contributed by atoms with van der Waals surface area (Å²) in [6.45, 7) is 0. The lowest BCUT2D eigenvalue weighted by Gasteiger charge is -2.31. The zero-order chi connectivity index (χ0) is 21.6. The summed E-state index contributed by atoms with van der Waals surface area (Å²) in [5, 5.41) is 0. The highest BCUT2D eigenvalue weighted by Gasteiger charge is 2.52. The van der Waals surface area contributed by atoms with Crippen LogP contribution in [0.1, 0.15) is 22.3 Å². The van der Waals surface area contributed by atoms with Crippen molar-refractivity contribution in [3.8, 4) is 45.3 Å². The molecule has 1 heterocycles. The van der Waals surface area contributed by atoms with Gasteiger partial charge in [0.15, 0.2) is 23.0 Å². The van der Waals surface area contributed by atoms with Crippen LogP contribution in [0.25, 0.3) is 22.3 Å². The van der Waals surface area contributed by atoms with Gasteiger partial charge >= 0.3 is 0 Å². The molecule has 8 rings (SSSR count). The van der Waals surface area contributed by atoms with Gasteiger partial charge in [-0.15, -0.1) is 0 Å². The van der Waals surface area contributed by atoms with E-state index in [1.807, 2.05) is 24.3 Å². The molecule has 33 heavy (non-hydrogen) atoms. The van der Waals surface area contributed by atoms with Crippen LogP contribution < -0.4 is 9.47 Å². The summed E-state index contributed by atoms with van der Waals surface area (Å²) in [4.78, 5) is 0. The first-order valence-corrected chi connectivity index (χ1v) is 11.3. The maximum absolute atomic E-state index is 6.53. The number of rotatable bonds is 0. The second-order valence-electron chi connectivity index (χ2n) is 8.85. The van der Waals surface area contributed by atoms with E-state index >= 15 is 0 Å². The van der Waals surface area contributed by atoms with Crippen molar-refractivity contribution in [2.75, 3.05) is 0 Å². The minimum atomic E-state index is -0.367. The number of hydrogen-bond donors (Lipinski definition) is 0. The molecule has 0 amide bonds. The molecule has 3 aliphatic rings. The van der Waals surface area contributed by atoms with Gasteiger partial charge in [-0.05, 0) is 57.1 Å². The maximum atomic E-state index is 6.53. The zero-order valence-electron chi connectivity index (χ0n) is 17.7. The molecule has 5 aromatic rings. The normalized spacial score (nSPS) is 14.8. The Morgan fingerprint density at radius 3 is 1.58 bits per heavy atom. The molecule has 2 nitrogen and oxygen atoms in total. The first-order chi connectivity index (χ1) is 16.4. The molecular weight excluding hydrogens is 404 g/mol. The molecule has 0 atom stereocenters. The minimum Gasteiger partial charge on any atom is -0.449 e. The Balaban J connectivity index is 1.52. The molecule has 2 heteroatoms. The SMILES string of the molecule is c1ccc2c(c1)Oc1ccc3c(c1O2)-c1ccccc1C31c2ccccc2-c2ccccc21. The van der Waals surface area contributed by atoms with E-state index in [-0.39, 0.29) is 5.41 Å². The van der Waals surface area contributed by atoms with Gasteiger partial charge in [-0.3, -0.25) is 0 Å². The monoisotopic (exact) mass is 422 g/mol. The zero-order valence-corrected chi connectivity index (χ0v) is 17.7. The quantitative estimate of drug-likeness (QED) is 0.247. The van der Waals surface area contributed by atoms with Crippen LogP contribution in [0.4, 0.5) is 0 Å². The predicted molar refractivity (Wildman–Crippen MR) is 129 cm³/mol. The molecule has 0 unspecified atom stereocenters. The lowest BCUT2D eigenvalue weighted by atomic mass is 9.70. The van der Waals surface area contributed by atoms with E-state index in [1.165, 1.54) is 38.9 Å². The second kappa shape index (κ2) is 5.93. The van der Waals surface area contributed by atoms with E-state index in [9.17, 15) is 0 Å². The van der Waals surface area contributed by atoms with Crippen LogP contribution in [0.15, 0.2) is 109 Å². The predicted octanol–water partition coefficient (Wildman–Crippen LogP) is 7.93. The fraction of sp³-hybridized carbons (Fsp3) is 0.0323. The maximum Gasteiger partial charge on any atom is 0.178 e. The minimum absolute atomic E-state index is 0.367.